The van der Waals surface area contributed by atoms with Crippen molar-refractivity contribution < 1.29 is 14.7 Å². The molecule has 0 aliphatic carbocycles. The number of nitrogens with one attached hydrogen (secondary N) is 2. The number of amides is 1. The predicted octanol–water partition coefficient (Wildman–Crippen LogP) is 2.54. The second-order valence-corrected chi connectivity index (χ2v) is 4.82. The van der Waals surface area contributed by atoms with Crippen molar-refractivity contribution in [3.05, 3.63) is 36.0 Å². The number of aromatic amines is 1. The SMILES string of the molecule is CCC(CC)(NC(=O)c1cc2ccccc2[nH]1)C(=O)O. The zero-order valence-corrected chi connectivity index (χ0v) is 11.6. The first-order valence-corrected chi connectivity index (χ1v) is 6.66. The molecular formula is C15H18N2O3. The van der Waals surface area contributed by atoms with Gasteiger partial charge in [0.15, 0.2) is 0 Å². The molecule has 20 heavy (non-hydrogen) atoms. The maximum absolute atomic E-state index is 12.2. The summed E-state index contributed by atoms with van der Waals surface area (Å²) in [5.74, 6) is -1.40. The summed E-state index contributed by atoms with van der Waals surface area (Å²) in [7, 11) is 0. The standard InChI is InChI=1S/C15H18N2O3/c1-3-15(4-2,14(19)20)17-13(18)12-9-10-7-5-6-8-11(10)16-12/h5-9,16H,3-4H2,1-2H3,(H,17,18)(H,19,20). The summed E-state index contributed by atoms with van der Waals surface area (Å²) < 4.78 is 0. The van der Waals surface area contributed by atoms with E-state index in [0.29, 0.717) is 18.5 Å². The van der Waals surface area contributed by atoms with Crippen molar-refractivity contribution in [2.45, 2.75) is 32.2 Å². The van der Waals surface area contributed by atoms with Gasteiger partial charge < -0.3 is 15.4 Å². The van der Waals surface area contributed by atoms with Crippen LogP contribution in [0.5, 0.6) is 0 Å². The monoisotopic (exact) mass is 274 g/mol. The fourth-order valence-corrected chi connectivity index (χ4v) is 2.26. The van der Waals surface area contributed by atoms with Crippen LogP contribution in [0.15, 0.2) is 30.3 Å². The Morgan fingerprint density at radius 2 is 1.90 bits per heavy atom. The van der Waals surface area contributed by atoms with Crippen LogP contribution in [-0.2, 0) is 4.79 Å². The molecule has 0 radical (unpaired) electrons. The van der Waals surface area contributed by atoms with E-state index in [1.54, 1.807) is 19.9 Å². The summed E-state index contributed by atoms with van der Waals surface area (Å²) >= 11 is 0. The minimum atomic E-state index is -1.21. The van der Waals surface area contributed by atoms with Crippen LogP contribution in [0.25, 0.3) is 10.9 Å². The Kier molecular flexibility index (Phi) is 3.79. The molecule has 0 unspecified atom stereocenters. The number of H-pyrrole nitrogens is 1. The third-order valence-corrected chi connectivity index (χ3v) is 3.74. The second kappa shape index (κ2) is 5.36. The summed E-state index contributed by atoms with van der Waals surface area (Å²) in [6.45, 7) is 3.51. The fraction of sp³-hybridized carbons (Fsp3) is 0.333. The van der Waals surface area contributed by atoms with Gasteiger partial charge >= 0.3 is 5.97 Å². The lowest BCUT2D eigenvalue weighted by molar-refractivity contribution is -0.144. The number of aliphatic carboxylic acids is 1. The van der Waals surface area contributed by atoms with Gasteiger partial charge in [-0.2, -0.15) is 0 Å². The number of fused-ring (bicyclic) bond motifs is 1. The maximum Gasteiger partial charge on any atom is 0.329 e. The smallest absolute Gasteiger partial charge is 0.329 e. The van der Waals surface area contributed by atoms with E-state index in [9.17, 15) is 14.7 Å². The highest BCUT2D eigenvalue weighted by molar-refractivity contribution is 6.00. The molecule has 0 aliphatic rings. The van der Waals surface area contributed by atoms with Crippen LogP contribution < -0.4 is 5.32 Å². The average molecular weight is 274 g/mol. The normalized spacial score (nSPS) is 11.5. The first kappa shape index (κ1) is 14.1. The summed E-state index contributed by atoms with van der Waals surface area (Å²) in [4.78, 5) is 26.6. The Morgan fingerprint density at radius 3 is 2.45 bits per heavy atom. The predicted molar refractivity (Wildman–Crippen MR) is 76.7 cm³/mol. The molecule has 1 aromatic carbocycles. The van der Waals surface area contributed by atoms with Crippen molar-refractivity contribution in [2.24, 2.45) is 0 Å². The number of para-hydroxylation sites is 1. The highest BCUT2D eigenvalue weighted by Crippen LogP contribution is 2.18. The van der Waals surface area contributed by atoms with E-state index in [1.807, 2.05) is 24.3 Å². The van der Waals surface area contributed by atoms with E-state index in [1.165, 1.54) is 0 Å². The number of rotatable bonds is 5. The number of carboxylic acids is 1. The molecule has 3 N–H and O–H groups in total. The zero-order valence-electron chi connectivity index (χ0n) is 11.6. The van der Waals surface area contributed by atoms with Crippen molar-refractivity contribution in [3.63, 3.8) is 0 Å². The number of aromatic nitrogens is 1. The molecule has 0 saturated heterocycles. The molecule has 0 saturated carbocycles. The molecule has 0 atom stereocenters. The third kappa shape index (κ3) is 2.39. The quantitative estimate of drug-likeness (QED) is 0.783. The molecule has 0 fully saturated rings. The topological polar surface area (TPSA) is 82.2 Å². The number of carbonyl (C=O) groups excluding carboxylic acids is 1. The Labute approximate surface area is 117 Å². The Balaban J connectivity index is 2.29. The molecule has 5 nitrogen and oxygen atoms in total. The van der Waals surface area contributed by atoms with E-state index in [2.05, 4.69) is 10.3 Å². The van der Waals surface area contributed by atoms with Gasteiger partial charge in [0, 0.05) is 10.9 Å². The van der Waals surface area contributed by atoms with Gasteiger partial charge in [-0.15, -0.1) is 0 Å². The van der Waals surface area contributed by atoms with Crippen LogP contribution in [0, 0.1) is 0 Å². The summed E-state index contributed by atoms with van der Waals surface area (Å²) in [5, 5.41) is 12.9. The van der Waals surface area contributed by atoms with E-state index in [0.717, 1.165) is 10.9 Å². The van der Waals surface area contributed by atoms with Gasteiger partial charge in [-0.25, -0.2) is 4.79 Å². The maximum atomic E-state index is 12.2. The largest absolute Gasteiger partial charge is 0.480 e. The third-order valence-electron chi connectivity index (χ3n) is 3.74. The minimum Gasteiger partial charge on any atom is -0.480 e. The van der Waals surface area contributed by atoms with E-state index in [4.69, 9.17) is 0 Å². The lowest BCUT2D eigenvalue weighted by Crippen LogP contribution is -2.53. The average Bonchev–Trinajstić information content (AvgIpc) is 2.88. The molecule has 2 aromatic rings. The Bertz CT molecular complexity index is 608. The number of hydrogen-bond donors (Lipinski definition) is 3. The fourth-order valence-electron chi connectivity index (χ4n) is 2.26. The van der Waals surface area contributed by atoms with Gasteiger partial charge in [0.25, 0.3) is 5.91 Å². The van der Waals surface area contributed by atoms with E-state index in [-0.39, 0.29) is 0 Å². The van der Waals surface area contributed by atoms with E-state index < -0.39 is 17.4 Å². The number of carboxylic acid groups (broad SMARTS) is 1. The Hall–Kier alpha value is -2.30. The van der Waals surface area contributed by atoms with Crippen molar-refractivity contribution in [2.75, 3.05) is 0 Å². The number of benzene rings is 1. The van der Waals surface area contributed by atoms with Gasteiger partial charge in [-0.05, 0) is 25.0 Å². The van der Waals surface area contributed by atoms with Gasteiger partial charge in [0.1, 0.15) is 11.2 Å². The summed E-state index contributed by atoms with van der Waals surface area (Å²) in [5.41, 5.74) is 0.0132. The molecule has 1 aromatic heterocycles. The van der Waals surface area contributed by atoms with Gasteiger partial charge in [-0.1, -0.05) is 32.0 Å². The van der Waals surface area contributed by atoms with Crippen molar-refractivity contribution in [3.8, 4) is 0 Å². The van der Waals surface area contributed by atoms with Gasteiger partial charge in [0.2, 0.25) is 0 Å². The molecule has 0 spiro atoms. The second-order valence-electron chi connectivity index (χ2n) is 4.82. The van der Waals surface area contributed by atoms with Crippen molar-refractivity contribution in [1.29, 1.82) is 0 Å². The summed E-state index contributed by atoms with van der Waals surface area (Å²) in [6, 6.07) is 9.25. The Morgan fingerprint density at radius 1 is 1.25 bits per heavy atom. The molecule has 106 valence electrons. The lowest BCUT2D eigenvalue weighted by atomic mass is 9.93. The molecular weight excluding hydrogens is 256 g/mol. The molecule has 2 rings (SSSR count). The first-order chi connectivity index (χ1) is 9.52. The highest BCUT2D eigenvalue weighted by Gasteiger charge is 2.36. The molecule has 0 aliphatic heterocycles. The van der Waals surface area contributed by atoms with Crippen LogP contribution in [0.3, 0.4) is 0 Å². The lowest BCUT2D eigenvalue weighted by Gasteiger charge is -2.27. The van der Waals surface area contributed by atoms with Crippen LogP contribution in [-0.4, -0.2) is 27.5 Å². The van der Waals surface area contributed by atoms with E-state index >= 15 is 0 Å². The number of hydrogen-bond acceptors (Lipinski definition) is 2. The molecule has 1 heterocycles. The van der Waals surface area contributed by atoms with Crippen molar-refractivity contribution >= 4 is 22.8 Å². The molecule has 1 amide bonds. The first-order valence-electron chi connectivity index (χ1n) is 6.66. The highest BCUT2D eigenvalue weighted by atomic mass is 16.4. The van der Waals surface area contributed by atoms with Crippen molar-refractivity contribution in [1.82, 2.24) is 10.3 Å². The molecule has 0 bridgehead atoms. The van der Waals surface area contributed by atoms with Crippen LogP contribution in [0.2, 0.25) is 0 Å². The van der Waals surface area contributed by atoms with Gasteiger partial charge in [0.05, 0.1) is 0 Å². The molecule has 5 heteroatoms. The van der Waals surface area contributed by atoms with Crippen LogP contribution in [0.4, 0.5) is 0 Å². The van der Waals surface area contributed by atoms with Crippen LogP contribution in [0.1, 0.15) is 37.2 Å². The number of carbonyl (C=O) groups is 2. The summed E-state index contributed by atoms with van der Waals surface area (Å²) in [6.07, 6.45) is 0.676. The zero-order chi connectivity index (χ0) is 14.8. The van der Waals surface area contributed by atoms with Gasteiger partial charge in [-0.3, -0.25) is 4.79 Å². The van der Waals surface area contributed by atoms with Crippen LogP contribution >= 0.6 is 0 Å². The minimum absolute atomic E-state index is 0.338.